The van der Waals surface area contributed by atoms with Crippen LogP contribution in [0.1, 0.15) is 53.6 Å². The average Bonchev–Trinajstić information content (AvgIpc) is 2.94. The van der Waals surface area contributed by atoms with Gasteiger partial charge in [-0.05, 0) is 60.4 Å². The smallest absolute Gasteiger partial charge is 0.326 e. The number of aliphatic carboxylic acids is 1. The van der Waals surface area contributed by atoms with Gasteiger partial charge in [-0.2, -0.15) is 0 Å². The highest BCUT2D eigenvalue weighted by Crippen LogP contribution is 2.40. The number of anilines is 1. The lowest BCUT2D eigenvalue weighted by Gasteiger charge is -2.37. The number of hydrogen-bond acceptors (Lipinski definition) is 4. The minimum Gasteiger partial charge on any atom is -0.497 e. The van der Waals surface area contributed by atoms with Crippen molar-refractivity contribution in [2.75, 3.05) is 12.4 Å². The van der Waals surface area contributed by atoms with Gasteiger partial charge in [-0.1, -0.05) is 72.8 Å². The van der Waals surface area contributed by atoms with Crippen LogP contribution in [0.15, 0.2) is 66.7 Å². The second-order valence-corrected chi connectivity index (χ2v) is 10.5. The molecule has 1 saturated carbocycles. The summed E-state index contributed by atoms with van der Waals surface area (Å²) in [6, 6.07) is 17.9. The summed E-state index contributed by atoms with van der Waals surface area (Å²) in [7, 11) is 1.59. The first-order chi connectivity index (χ1) is 18.7. The summed E-state index contributed by atoms with van der Waals surface area (Å²) in [5.74, 6) is -1.15. The molecule has 1 aliphatic carbocycles. The first-order valence-corrected chi connectivity index (χ1v) is 13.5. The zero-order chi connectivity index (χ0) is 28.0. The second kappa shape index (κ2) is 12.5. The number of carbonyl (C=O) groups is 3. The first-order valence-electron chi connectivity index (χ1n) is 12.8. The van der Waals surface area contributed by atoms with Gasteiger partial charge >= 0.3 is 5.97 Å². The van der Waals surface area contributed by atoms with Crippen LogP contribution in [0.5, 0.6) is 5.75 Å². The Labute approximate surface area is 237 Å². The number of carboxylic acids is 1. The molecule has 0 aliphatic heterocycles. The Balaban J connectivity index is 1.47. The Morgan fingerprint density at radius 3 is 2.10 bits per heavy atom. The number of rotatable bonds is 9. The van der Waals surface area contributed by atoms with Crippen molar-refractivity contribution in [1.29, 1.82) is 0 Å². The SMILES string of the molecule is COc1ccc(C2(C(=O)N[C@@H](Cc3ccc(NC(=O)c4c(Cl)cccc4Cl)cc3)C(=O)O)CCCCC2)cc1. The Morgan fingerprint density at radius 1 is 0.923 bits per heavy atom. The molecule has 9 heteroatoms. The van der Waals surface area contributed by atoms with E-state index in [1.165, 1.54) is 0 Å². The third-order valence-electron chi connectivity index (χ3n) is 7.23. The molecular weight excluding hydrogens is 539 g/mol. The molecule has 0 spiro atoms. The molecule has 204 valence electrons. The normalized spacial score (nSPS) is 15.2. The number of carboxylic acid groups (broad SMARTS) is 1. The van der Waals surface area contributed by atoms with Gasteiger partial charge in [0, 0.05) is 12.1 Å². The molecule has 0 heterocycles. The van der Waals surface area contributed by atoms with Crippen molar-refractivity contribution < 1.29 is 24.2 Å². The average molecular weight is 569 g/mol. The second-order valence-electron chi connectivity index (χ2n) is 9.69. The third-order valence-corrected chi connectivity index (χ3v) is 7.86. The van der Waals surface area contributed by atoms with E-state index in [1.54, 1.807) is 49.6 Å². The molecule has 4 rings (SSSR count). The zero-order valence-corrected chi connectivity index (χ0v) is 23.0. The molecule has 3 aromatic carbocycles. The van der Waals surface area contributed by atoms with Crippen LogP contribution >= 0.6 is 23.2 Å². The maximum Gasteiger partial charge on any atom is 0.326 e. The van der Waals surface area contributed by atoms with Gasteiger partial charge in [-0.3, -0.25) is 9.59 Å². The number of halogens is 2. The number of amides is 2. The van der Waals surface area contributed by atoms with Crippen LogP contribution in [0.3, 0.4) is 0 Å². The van der Waals surface area contributed by atoms with Crippen molar-refractivity contribution in [3.63, 3.8) is 0 Å². The van der Waals surface area contributed by atoms with Crippen molar-refractivity contribution in [2.45, 2.75) is 50.0 Å². The molecule has 2 amide bonds. The predicted octanol–water partition coefficient (Wildman–Crippen LogP) is 6.27. The lowest BCUT2D eigenvalue weighted by Crippen LogP contribution is -2.52. The Bertz CT molecular complexity index is 1320. The molecular formula is C30H30Cl2N2O5. The summed E-state index contributed by atoms with van der Waals surface area (Å²) in [5, 5.41) is 16.0. The van der Waals surface area contributed by atoms with Gasteiger partial charge in [0.15, 0.2) is 0 Å². The molecule has 1 atom stereocenters. The molecule has 3 N–H and O–H groups in total. The van der Waals surface area contributed by atoms with Gasteiger partial charge < -0.3 is 20.5 Å². The standard InChI is InChI=1S/C30H30Cl2N2O5/c1-39-22-14-10-20(11-15-22)30(16-3-2-4-17-30)29(38)34-25(28(36)37)18-19-8-12-21(13-9-19)33-27(35)26-23(31)6-5-7-24(26)32/h5-15,25H,2-4,16-18H2,1H3,(H,33,35)(H,34,38)(H,36,37)/t25-/m0/s1. The number of methoxy groups -OCH3 is 1. The van der Waals surface area contributed by atoms with Crippen molar-refractivity contribution in [3.8, 4) is 5.75 Å². The first kappa shape index (κ1) is 28.5. The summed E-state index contributed by atoms with van der Waals surface area (Å²) < 4.78 is 5.26. The third kappa shape index (κ3) is 6.54. The maximum absolute atomic E-state index is 13.7. The van der Waals surface area contributed by atoms with Crippen LogP contribution in [-0.4, -0.2) is 36.0 Å². The Hall–Kier alpha value is -3.55. The van der Waals surface area contributed by atoms with Crippen molar-refractivity contribution >= 4 is 46.7 Å². The van der Waals surface area contributed by atoms with E-state index in [0.29, 0.717) is 29.8 Å². The van der Waals surface area contributed by atoms with Crippen LogP contribution in [0.4, 0.5) is 5.69 Å². The minimum atomic E-state index is -1.12. The lowest BCUT2D eigenvalue weighted by atomic mass is 9.68. The summed E-state index contributed by atoms with van der Waals surface area (Å²) in [6.45, 7) is 0. The number of hydrogen-bond donors (Lipinski definition) is 3. The molecule has 1 fully saturated rings. The Kier molecular flexibility index (Phi) is 9.15. The van der Waals surface area contributed by atoms with Crippen molar-refractivity contribution in [3.05, 3.63) is 93.5 Å². The van der Waals surface area contributed by atoms with Crippen LogP contribution in [0, 0.1) is 0 Å². The summed E-state index contributed by atoms with van der Waals surface area (Å²) >= 11 is 12.2. The number of benzene rings is 3. The van der Waals surface area contributed by atoms with Gasteiger partial charge in [0.05, 0.1) is 28.1 Å². The van der Waals surface area contributed by atoms with Crippen LogP contribution in [-0.2, 0) is 21.4 Å². The highest BCUT2D eigenvalue weighted by atomic mass is 35.5. The fraction of sp³-hybridized carbons (Fsp3) is 0.300. The van der Waals surface area contributed by atoms with Crippen LogP contribution in [0.25, 0.3) is 0 Å². The highest BCUT2D eigenvalue weighted by Gasteiger charge is 2.42. The molecule has 1 aliphatic rings. The lowest BCUT2D eigenvalue weighted by molar-refractivity contribution is -0.143. The van der Waals surface area contributed by atoms with E-state index in [9.17, 15) is 19.5 Å². The van der Waals surface area contributed by atoms with Gasteiger partial charge in [-0.25, -0.2) is 4.79 Å². The molecule has 0 bridgehead atoms. The van der Waals surface area contributed by atoms with E-state index in [-0.39, 0.29) is 27.9 Å². The fourth-order valence-corrected chi connectivity index (χ4v) is 5.65. The largest absolute Gasteiger partial charge is 0.497 e. The molecule has 39 heavy (non-hydrogen) atoms. The summed E-state index contributed by atoms with van der Waals surface area (Å²) in [5.41, 5.74) is 1.44. The van der Waals surface area contributed by atoms with E-state index >= 15 is 0 Å². The van der Waals surface area contributed by atoms with Crippen LogP contribution in [0.2, 0.25) is 10.0 Å². The zero-order valence-electron chi connectivity index (χ0n) is 21.5. The molecule has 0 unspecified atom stereocenters. The number of carbonyl (C=O) groups excluding carboxylic acids is 2. The van der Waals surface area contributed by atoms with Crippen molar-refractivity contribution in [2.24, 2.45) is 0 Å². The number of ether oxygens (including phenoxy) is 1. The molecule has 0 saturated heterocycles. The fourth-order valence-electron chi connectivity index (χ4n) is 5.08. The number of nitrogens with one attached hydrogen (secondary N) is 2. The highest BCUT2D eigenvalue weighted by molar-refractivity contribution is 6.40. The maximum atomic E-state index is 13.7. The van der Waals surface area contributed by atoms with E-state index in [2.05, 4.69) is 10.6 Å². The molecule has 0 aromatic heterocycles. The van der Waals surface area contributed by atoms with Gasteiger partial charge in [0.2, 0.25) is 5.91 Å². The molecule has 3 aromatic rings. The van der Waals surface area contributed by atoms with E-state index in [0.717, 1.165) is 24.8 Å². The van der Waals surface area contributed by atoms with E-state index in [1.807, 2.05) is 24.3 Å². The topological polar surface area (TPSA) is 105 Å². The Morgan fingerprint density at radius 2 is 1.54 bits per heavy atom. The quantitative estimate of drug-likeness (QED) is 0.282. The summed E-state index contributed by atoms with van der Waals surface area (Å²) in [4.78, 5) is 38.5. The van der Waals surface area contributed by atoms with Crippen molar-refractivity contribution in [1.82, 2.24) is 5.32 Å². The van der Waals surface area contributed by atoms with Gasteiger partial charge in [0.25, 0.3) is 5.91 Å². The van der Waals surface area contributed by atoms with Gasteiger partial charge in [-0.15, -0.1) is 0 Å². The molecule has 7 nitrogen and oxygen atoms in total. The van der Waals surface area contributed by atoms with E-state index in [4.69, 9.17) is 27.9 Å². The predicted molar refractivity (Wildman–Crippen MR) is 152 cm³/mol. The minimum absolute atomic E-state index is 0.0876. The summed E-state index contributed by atoms with van der Waals surface area (Å²) in [6.07, 6.45) is 4.22. The van der Waals surface area contributed by atoms with Crippen LogP contribution < -0.4 is 15.4 Å². The monoisotopic (exact) mass is 568 g/mol. The van der Waals surface area contributed by atoms with E-state index < -0.39 is 23.3 Å². The molecule has 0 radical (unpaired) electrons. The van der Waals surface area contributed by atoms with Gasteiger partial charge in [0.1, 0.15) is 11.8 Å².